The van der Waals surface area contributed by atoms with Crippen LogP contribution in [0.5, 0.6) is 0 Å². The van der Waals surface area contributed by atoms with Gasteiger partial charge in [-0.05, 0) is 42.8 Å². The number of halogens is 2. The highest BCUT2D eigenvalue weighted by molar-refractivity contribution is 6.01. The van der Waals surface area contributed by atoms with E-state index in [9.17, 15) is 8.78 Å². The van der Waals surface area contributed by atoms with Gasteiger partial charge in [-0.25, -0.2) is 19.4 Å². The van der Waals surface area contributed by atoms with Crippen LogP contribution in [0.2, 0.25) is 0 Å². The van der Waals surface area contributed by atoms with Gasteiger partial charge in [-0.3, -0.25) is 0 Å². The molecule has 5 nitrogen and oxygen atoms in total. The third-order valence-corrected chi connectivity index (χ3v) is 4.87. The molecule has 1 aromatic carbocycles. The van der Waals surface area contributed by atoms with Gasteiger partial charge in [0.1, 0.15) is 29.0 Å². The Labute approximate surface area is 160 Å². The van der Waals surface area contributed by atoms with Gasteiger partial charge in [0.25, 0.3) is 0 Å². The van der Waals surface area contributed by atoms with Crippen molar-refractivity contribution in [1.29, 1.82) is 5.26 Å². The molecular weight excluding hydrogens is 360 g/mol. The highest BCUT2D eigenvalue weighted by Gasteiger charge is 2.45. The summed E-state index contributed by atoms with van der Waals surface area (Å²) in [6.45, 7) is 1.94. The van der Waals surface area contributed by atoms with E-state index in [1.54, 1.807) is 36.5 Å². The van der Waals surface area contributed by atoms with Crippen molar-refractivity contribution < 1.29 is 8.78 Å². The minimum Gasteiger partial charge on any atom is -0.364 e. The Kier molecular flexibility index (Phi) is 4.32. The first kappa shape index (κ1) is 17.7. The molecule has 0 radical (unpaired) electrons. The van der Waals surface area contributed by atoms with E-state index >= 15 is 0 Å². The number of nitrogens with one attached hydrogen (secondary N) is 1. The summed E-state index contributed by atoms with van der Waals surface area (Å²) in [5.41, 5.74) is 1.46. The van der Waals surface area contributed by atoms with E-state index in [1.165, 1.54) is 24.4 Å². The summed E-state index contributed by atoms with van der Waals surface area (Å²) in [6, 6.07) is 14.1. The van der Waals surface area contributed by atoms with Gasteiger partial charge in [0, 0.05) is 23.5 Å². The molecule has 0 fully saturated rings. The van der Waals surface area contributed by atoms with Crippen molar-refractivity contribution in [1.82, 2.24) is 15.3 Å². The quantitative estimate of drug-likeness (QED) is 0.713. The Bertz CT molecular complexity index is 1040. The third kappa shape index (κ3) is 2.89. The number of hydrogen-bond donors (Lipinski definition) is 1. The lowest BCUT2D eigenvalue weighted by Crippen LogP contribution is -2.41. The first-order chi connectivity index (χ1) is 13.5. The number of aliphatic imine (C=N–C) groups is 1. The monoisotopic (exact) mass is 375 g/mol. The smallest absolute Gasteiger partial charge is 0.212 e. The zero-order valence-electron chi connectivity index (χ0n) is 14.9. The van der Waals surface area contributed by atoms with Crippen LogP contribution in [0.25, 0.3) is 0 Å². The zero-order chi connectivity index (χ0) is 19.7. The highest BCUT2D eigenvalue weighted by Crippen LogP contribution is 2.40. The summed E-state index contributed by atoms with van der Waals surface area (Å²) in [6.07, 6.45) is 2.98. The lowest BCUT2D eigenvalue weighted by Gasteiger charge is -2.31. The highest BCUT2D eigenvalue weighted by atomic mass is 19.1. The van der Waals surface area contributed by atoms with E-state index in [4.69, 9.17) is 10.3 Å². The minimum atomic E-state index is -0.931. The molecule has 0 amide bonds. The van der Waals surface area contributed by atoms with E-state index in [1.807, 2.05) is 13.0 Å². The molecule has 28 heavy (non-hydrogen) atoms. The number of nitrogens with zero attached hydrogens (tertiary/aromatic N) is 4. The summed E-state index contributed by atoms with van der Waals surface area (Å²) in [7, 11) is 0. The van der Waals surface area contributed by atoms with Gasteiger partial charge < -0.3 is 5.32 Å². The largest absolute Gasteiger partial charge is 0.364 e. The van der Waals surface area contributed by atoms with E-state index < -0.39 is 11.5 Å². The van der Waals surface area contributed by atoms with Gasteiger partial charge in [0.05, 0.1) is 6.04 Å². The second kappa shape index (κ2) is 6.82. The second-order valence-corrected chi connectivity index (χ2v) is 6.51. The van der Waals surface area contributed by atoms with Crippen LogP contribution in [0.3, 0.4) is 0 Å². The average Bonchev–Trinajstić information content (AvgIpc) is 3.07. The lowest BCUT2D eigenvalue weighted by atomic mass is 9.79. The number of benzene rings is 1. The van der Waals surface area contributed by atoms with Crippen LogP contribution in [0.15, 0.2) is 65.9 Å². The number of aromatic nitrogens is 2. The van der Waals surface area contributed by atoms with Gasteiger partial charge in [-0.1, -0.05) is 18.2 Å². The van der Waals surface area contributed by atoms with Gasteiger partial charge in [0.2, 0.25) is 5.95 Å². The zero-order valence-corrected chi connectivity index (χ0v) is 14.9. The summed E-state index contributed by atoms with van der Waals surface area (Å²) >= 11 is 0. The van der Waals surface area contributed by atoms with Gasteiger partial charge >= 0.3 is 0 Å². The van der Waals surface area contributed by atoms with Gasteiger partial charge in [-0.15, -0.1) is 0 Å². The Morgan fingerprint density at radius 2 is 1.79 bits per heavy atom. The topological polar surface area (TPSA) is 74.0 Å². The Balaban J connectivity index is 1.92. The summed E-state index contributed by atoms with van der Waals surface area (Å²) in [4.78, 5) is 12.7. The average molecular weight is 375 g/mol. The van der Waals surface area contributed by atoms with Crippen molar-refractivity contribution in [2.75, 3.05) is 0 Å². The number of nitriles is 1. The second-order valence-electron chi connectivity index (χ2n) is 6.51. The number of rotatable bonds is 3. The fraction of sp³-hybridized carbons (Fsp3) is 0.143. The number of hydrogen-bond acceptors (Lipinski definition) is 5. The molecule has 1 N–H and O–H groups in total. The van der Waals surface area contributed by atoms with Crippen molar-refractivity contribution >= 4 is 5.84 Å². The normalized spacial score (nSPS) is 20.9. The van der Waals surface area contributed by atoms with Crippen molar-refractivity contribution in [3.05, 3.63) is 95.1 Å². The maximum atomic E-state index is 13.5. The Hall–Kier alpha value is -3.66. The van der Waals surface area contributed by atoms with Crippen molar-refractivity contribution in [3.8, 4) is 6.07 Å². The fourth-order valence-electron chi connectivity index (χ4n) is 3.50. The Morgan fingerprint density at radius 3 is 2.46 bits per heavy atom. The molecule has 138 valence electrons. The Morgan fingerprint density at radius 1 is 1.04 bits per heavy atom. The molecule has 2 atom stereocenters. The number of pyridine rings is 2. The molecule has 3 heterocycles. The van der Waals surface area contributed by atoms with Crippen molar-refractivity contribution in [2.24, 2.45) is 4.99 Å². The molecule has 0 saturated heterocycles. The van der Waals surface area contributed by atoms with Crippen LogP contribution < -0.4 is 5.32 Å². The predicted molar refractivity (Wildman–Crippen MR) is 99.5 cm³/mol. The summed E-state index contributed by atoms with van der Waals surface area (Å²) in [5, 5.41) is 12.5. The van der Waals surface area contributed by atoms with Gasteiger partial charge in [0.15, 0.2) is 0 Å². The van der Waals surface area contributed by atoms with Crippen LogP contribution in [0.4, 0.5) is 8.78 Å². The molecule has 0 unspecified atom stereocenters. The molecule has 0 bridgehead atoms. The van der Waals surface area contributed by atoms with E-state index in [0.717, 1.165) is 5.56 Å². The first-order valence-corrected chi connectivity index (χ1v) is 8.64. The first-order valence-electron chi connectivity index (χ1n) is 8.64. The lowest BCUT2D eigenvalue weighted by molar-refractivity contribution is 0.449. The van der Waals surface area contributed by atoms with Crippen LogP contribution in [0, 0.1) is 23.1 Å². The predicted octanol–water partition coefficient (Wildman–Crippen LogP) is 3.31. The molecule has 2 aromatic heterocycles. The van der Waals surface area contributed by atoms with Gasteiger partial charge in [-0.2, -0.15) is 9.65 Å². The van der Waals surface area contributed by atoms with Crippen LogP contribution in [0.1, 0.15) is 29.3 Å². The number of amidine groups is 1. The van der Waals surface area contributed by atoms with Crippen molar-refractivity contribution in [2.45, 2.75) is 18.5 Å². The van der Waals surface area contributed by atoms with Crippen LogP contribution in [-0.2, 0) is 5.54 Å². The van der Waals surface area contributed by atoms with Crippen molar-refractivity contribution in [3.63, 3.8) is 0 Å². The molecule has 0 aliphatic carbocycles. The molecule has 0 saturated carbocycles. The molecular formula is C21H15F2N5. The molecule has 4 rings (SSSR count). The van der Waals surface area contributed by atoms with E-state index in [2.05, 4.69) is 15.3 Å². The summed E-state index contributed by atoms with van der Waals surface area (Å²) in [5.74, 6) is -0.375. The molecule has 0 spiro atoms. The van der Waals surface area contributed by atoms with Crippen LogP contribution in [-0.4, -0.2) is 21.8 Å². The maximum absolute atomic E-state index is 13.5. The minimum absolute atomic E-state index is 0.237. The molecule has 7 heteroatoms. The molecule has 1 aliphatic rings. The van der Waals surface area contributed by atoms with E-state index in [-0.39, 0.29) is 17.6 Å². The third-order valence-electron chi connectivity index (χ3n) is 4.87. The molecule has 3 aromatic rings. The SMILES string of the molecule is C[C@@H]1NC(c2ccnc(C#N)c2)=N[C@@]1(c1ccc(F)cc1)c1ccc(F)nc1. The van der Waals surface area contributed by atoms with Crippen LogP contribution >= 0.6 is 0 Å². The fourth-order valence-corrected chi connectivity index (χ4v) is 3.50. The maximum Gasteiger partial charge on any atom is 0.212 e. The molecule has 1 aliphatic heterocycles. The standard InChI is InChI=1S/C21H15F2N5/c1-13-21(15-2-5-17(22)6-3-15,16-4-7-19(23)26-12-16)28-20(27-13)14-8-9-25-18(10-14)11-24/h2-10,12-13H,1H3,(H,27,28)/t13-,21-/m0/s1. The summed E-state index contributed by atoms with van der Waals surface area (Å²) < 4.78 is 27.0. The van der Waals surface area contributed by atoms with E-state index in [0.29, 0.717) is 17.0 Å².